The molecule has 1 aromatic heterocycles. The van der Waals surface area contributed by atoms with Gasteiger partial charge in [-0.2, -0.15) is 0 Å². The maximum absolute atomic E-state index is 13.4. The van der Waals surface area contributed by atoms with Gasteiger partial charge in [-0.3, -0.25) is 14.7 Å². The zero-order valence-electron chi connectivity index (χ0n) is 13.6. The number of anilines is 2. The first-order valence-electron chi connectivity index (χ1n) is 8.01. The van der Waals surface area contributed by atoms with Gasteiger partial charge in [0.2, 0.25) is 0 Å². The van der Waals surface area contributed by atoms with E-state index in [1.54, 1.807) is 29.3 Å². The number of carbonyl (C=O) groups excluding carboxylic acids is 1. The van der Waals surface area contributed by atoms with Gasteiger partial charge in [0.05, 0.1) is 11.3 Å². The van der Waals surface area contributed by atoms with E-state index in [0.717, 1.165) is 16.9 Å². The summed E-state index contributed by atoms with van der Waals surface area (Å²) in [6.07, 6.45) is 1.22. The predicted molar refractivity (Wildman–Crippen MR) is 95.0 cm³/mol. The maximum Gasteiger partial charge on any atom is 0.262 e. The highest BCUT2D eigenvalue weighted by Gasteiger charge is 2.39. The van der Waals surface area contributed by atoms with Crippen LogP contribution in [-0.4, -0.2) is 10.9 Å². The van der Waals surface area contributed by atoms with E-state index in [2.05, 4.69) is 10.3 Å². The highest BCUT2D eigenvalue weighted by molar-refractivity contribution is 6.11. The van der Waals surface area contributed by atoms with Crippen LogP contribution < -0.4 is 10.2 Å². The summed E-state index contributed by atoms with van der Waals surface area (Å²) in [6, 6.07) is 17.5. The standard InChI is InChI=1S/C20H16FN3O/c1-13-12-14(21)9-10-17(13)23-19-18-16(8-5-11-22-18)20(25)24(19)15-6-3-2-4-7-15/h2-12,19,23H,1H3/t19-/m1/s1. The van der Waals surface area contributed by atoms with Crippen molar-refractivity contribution in [3.05, 3.63) is 89.5 Å². The Kier molecular flexibility index (Phi) is 3.69. The Morgan fingerprint density at radius 1 is 1.08 bits per heavy atom. The van der Waals surface area contributed by atoms with Crippen molar-refractivity contribution in [3.63, 3.8) is 0 Å². The maximum atomic E-state index is 13.4. The van der Waals surface area contributed by atoms with Crippen LogP contribution in [0.3, 0.4) is 0 Å². The molecule has 3 aromatic rings. The largest absolute Gasteiger partial charge is 0.360 e. The predicted octanol–water partition coefficient (Wildman–Crippen LogP) is 4.30. The summed E-state index contributed by atoms with van der Waals surface area (Å²) in [4.78, 5) is 19.0. The molecule has 4 nitrogen and oxygen atoms in total. The topological polar surface area (TPSA) is 45.2 Å². The number of fused-ring (bicyclic) bond motifs is 1. The van der Waals surface area contributed by atoms with Crippen molar-refractivity contribution in [2.24, 2.45) is 0 Å². The number of nitrogens with zero attached hydrogens (tertiary/aromatic N) is 2. The van der Waals surface area contributed by atoms with Gasteiger partial charge < -0.3 is 5.32 Å². The molecule has 5 heteroatoms. The Balaban J connectivity index is 1.80. The summed E-state index contributed by atoms with van der Waals surface area (Å²) >= 11 is 0. The lowest BCUT2D eigenvalue weighted by atomic mass is 10.1. The lowest BCUT2D eigenvalue weighted by Gasteiger charge is -2.27. The van der Waals surface area contributed by atoms with Gasteiger partial charge in [0.25, 0.3) is 5.91 Å². The minimum Gasteiger partial charge on any atom is -0.360 e. The van der Waals surface area contributed by atoms with E-state index in [4.69, 9.17) is 0 Å². The van der Waals surface area contributed by atoms with Crippen molar-refractivity contribution in [3.8, 4) is 0 Å². The van der Waals surface area contributed by atoms with Gasteiger partial charge in [-0.1, -0.05) is 18.2 Å². The number of benzene rings is 2. The van der Waals surface area contributed by atoms with Gasteiger partial charge in [0.15, 0.2) is 6.17 Å². The molecule has 1 aliphatic rings. The number of aryl methyl sites for hydroxylation is 1. The molecule has 0 spiro atoms. The average Bonchev–Trinajstić information content (AvgIpc) is 2.91. The van der Waals surface area contributed by atoms with Crippen LogP contribution in [0.5, 0.6) is 0 Å². The smallest absolute Gasteiger partial charge is 0.262 e. The van der Waals surface area contributed by atoms with E-state index in [-0.39, 0.29) is 11.7 Å². The third-order valence-electron chi connectivity index (χ3n) is 4.32. The Bertz CT molecular complexity index is 943. The van der Waals surface area contributed by atoms with Gasteiger partial charge in [0.1, 0.15) is 5.82 Å². The number of hydrogen-bond donors (Lipinski definition) is 1. The first-order valence-corrected chi connectivity index (χ1v) is 8.01. The number of rotatable bonds is 3. The van der Waals surface area contributed by atoms with Gasteiger partial charge in [0, 0.05) is 17.6 Å². The number of pyridine rings is 1. The summed E-state index contributed by atoms with van der Waals surface area (Å²) in [6.45, 7) is 1.83. The van der Waals surface area contributed by atoms with Crippen LogP contribution in [0.15, 0.2) is 66.9 Å². The number of hydrogen-bond acceptors (Lipinski definition) is 3. The van der Waals surface area contributed by atoms with Crippen molar-refractivity contribution >= 4 is 17.3 Å². The molecule has 0 fully saturated rings. The molecule has 1 aliphatic heterocycles. The summed E-state index contributed by atoms with van der Waals surface area (Å²) in [5.41, 5.74) is 3.55. The molecule has 25 heavy (non-hydrogen) atoms. The van der Waals surface area contributed by atoms with E-state index in [1.807, 2.05) is 37.3 Å². The first-order chi connectivity index (χ1) is 12.1. The minimum atomic E-state index is -0.449. The Morgan fingerprint density at radius 3 is 2.64 bits per heavy atom. The summed E-state index contributed by atoms with van der Waals surface area (Å²) in [7, 11) is 0. The molecule has 0 bridgehead atoms. The van der Waals surface area contributed by atoms with Crippen molar-refractivity contribution in [1.82, 2.24) is 4.98 Å². The molecule has 124 valence electrons. The Morgan fingerprint density at radius 2 is 1.88 bits per heavy atom. The molecule has 0 unspecified atom stereocenters. The second-order valence-electron chi connectivity index (χ2n) is 5.95. The van der Waals surface area contributed by atoms with Crippen LogP contribution in [0.2, 0.25) is 0 Å². The summed E-state index contributed by atoms with van der Waals surface area (Å²) in [5, 5.41) is 3.35. The summed E-state index contributed by atoms with van der Waals surface area (Å²) < 4.78 is 13.4. The normalized spacial score (nSPS) is 16.0. The second kappa shape index (κ2) is 6.02. The molecular formula is C20H16FN3O. The van der Waals surface area contributed by atoms with Crippen LogP contribution in [0.1, 0.15) is 27.8 Å². The molecule has 1 atom stereocenters. The molecule has 1 N–H and O–H groups in total. The fraction of sp³-hybridized carbons (Fsp3) is 0.100. The third kappa shape index (κ3) is 2.63. The van der Waals surface area contributed by atoms with E-state index < -0.39 is 6.17 Å². The zero-order chi connectivity index (χ0) is 17.4. The lowest BCUT2D eigenvalue weighted by Crippen LogP contribution is -2.32. The van der Waals surface area contributed by atoms with Gasteiger partial charge in [-0.05, 0) is 55.0 Å². The van der Waals surface area contributed by atoms with E-state index in [0.29, 0.717) is 11.3 Å². The average molecular weight is 333 g/mol. The van der Waals surface area contributed by atoms with E-state index in [9.17, 15) is 9.18 Å². The van der Waals surface area contributed by atoms with Crippen LogP contribution in [0, 0.1) is 12.7 Å². The van der Waals surface area contributed by atoms with Crippen LogP contribution in [0.25, 0.3) is 0 Å². The molecule has 4 rings (SSSR count). The number of nitrogens with one attached hydrogen (secondary N) is 1. The lowest BCUT2D eigenvalue weighted by molar-refractivity contribution is 0.0993. The van der Waals surface area contributed by atoms with Crippen molar-refractivity contribution in [2.45, 2.75) is 13.1 Å². The van der Waals surface area contributed by atoms with Crippen LogP contribution in [0.4, 0.5) is 15.8 Å². The van der Waals surface area contributed by atoms with E-state index >= 15 is 0 Å². The number of aromatic nitrogens is 1. The fourth-order valence-corrected chi connectivity index (χ4v) is 3.11. The molecule has 1 amide bonds. The number of carbonyl (C=O) groups is 1. The highest BCUT2D eigenvalue weighted by Crippen LogP contribution is 2.37. The Hall–Kier alpha value is -3.21. The second-order valence-corrected chi connectivity index (χ2v) is 5.95. The molecule has 0 aliphatic carbocycles. The molecule has 0 saturated heterocycles. The monoisotopic (exact) mass is 333 g/mol. The minimum absolute atomic E-state index is 0.105. The number of para-hydroxylation sites is 1. The SMILES string of the molecule is Cc1cc(F)ccc1N[C@H]1c2ncccc2C(=O)N1c1ccccc1. The molecule has 0 saturated carbocycles. The van der Waals surface area contributed by atoms with Crippen LogP contribution >= 0.6 is 0 Å². The van der Waals surface area contributed by atoms with E-state index in [1.165, 1.54) is 12.1 Å². The molecular weight excluding hydrogens is 317 g/mol. The fourth-order valence-electron chi connectivity index (χ4n) is 3.11. The van der Waals surface area contributed by atoms with Gasteiger partial charge in [-0.15, -0.1) is 0 Å². The van der Waals surface area contributed by atoms with Gasteiger partial charge in [-0.25, -0.2) is 4.39 Å². The molecule has 2 heterocycles. The van der Waals surface area contributed by atoms with Crippen LogP contribution in [-0.2, 0) is 0 Å². The summed E-state index contributed by atoms with van der Waals surface area (Å²) in [5.74, 6) is -0.393. The zero-order valence-corrected chi connectivity index (χ0v) is 13.6. The quantitative estimate of drug-likeness (QED) is 0.777. The third-order valence-corrected chi connectivity index (χ3v) is 4.32. The van der Waals surface area contributed by atoms with Crippen molar-refractivity contribution in [2.75, 3.05) is 10.2 Å². The first kappa shape index (κ1) is 15.3. The highest BCUT2D eigenvalue weighted by atomic mass is 19.1. The number of halogens is 1. The van der Waals surface area contributed by atoms with Gasteiger partial charge >= 0.3 is 0 Å². The number of amides is 1. The molecule has 0 radical (unpaired) electrons. The van der Waals surface area contributed by atoms with Crippen molar-refractivity contribution < 1.29 is 9.18 Å². The molecule has 2 aromatic carbocycles. The Labute approximate surface area is 144 Å². The van der Waals surface area contributed by atoms with Crippen molar-refractivity contribution in [1.29, 1.82) is 0 Å².